The molecule has 0 radical (unpaired) electrons. The van der Waals surface area contributed by atoms with Gasteiger partial charge in [-0.05, 0) is 47.5 Å². The molecule has 1 N–H and O–H groups in total. The van der Waals surface area contributed by atoms with Gasteiger partial charge in [-0.3, -0.25) is 15.4 Å². The van der Waals surface area contributed by atoms with Crippen LogP contribution >= 0.6 is 0 Å². The van der Waals surface area contributed by atoms with Crippen LogP contribution in [0.25, 0.3) is 0 Å². The molecule has 10 atom stereocenters. The molecule has 0 amide bonds. The monoisotopic (exact) mass is 310 g/mol. The Balaban J connectivity index is 1.22. The minimum Gasteiger partial charge on any atom is -0.356 e. The van der Waals surface area contributed by atoms with E-state index < -0.39 is 0 Å². The first-order chi connectivity index (χ1) is 11.2. The van der Waals surface area contributed by atoms with Crippen LogP contribution in [0.15, 0.2) is 24.3 Å². The summed E-state index contributed by atoms with van der Waals surface area (Å²) in [6, 6.07) is 7.00. The second kappa shape index (κ2) is 3.33. The lowest BCUT2D eigenvalue weighted by Gasteiger charge is -2.46. The van der Waals surface area contributed by atoms with E-state index in [1.165, 1.54) is 6.42 Å². The van der Waals surface area contributed by atoms with Crippen LogP contribution in [0, 0.1) is 57.5 Å². The molecule has 7 fully saturated rings. The zero-order chi connectivity index (χ0) is 15.1. The average Bonchev–Trinajstić information content (AvgIpc) is 3.18. The third-order valence-electron chi connectivity index (χ3n) is 8.39. The van der Waals surface area contributed by atoms with Gasteiger partial charge in [0.15, 0.2) is 0 Å². The third-order valence-corrected chi connectivity index (χ3v) is 8.39. The Kier molecular flexibility index (Phi) is 1.73. The molecule has 1 aromatic carbocycles. The third kappa shape index (κ3) is 1.01. The van der Waals surface area contributed by atoms with Crippen molar-refractivity contribution in [1.82, 2.24) is 5.32 Å². The Hall–Kier alpha value is -1.46. The molecule has 7 aliphatic rings. The summed E-state index contributed by atoms with van der Waals surface area (Å²) in [5.74, 6) is 6.89. The number of nitro benzene ring substituents is 1. The van der Waals surface area contributed by atoms with E-state index in [0.29, 0.717) is 12.6 Å². The Morgan fingerprint density at radius 3 is 3.00 bits per heavy atom. The highest BCUT2D eigenvalue weighted by atomic mass is 16.6. The molecule has 2 aliphatic heterocycles. The average molecular weight is 310 g/mol. The first-order valence-corrected chi connectivity index (χ1v) is 8.87. The molecule has 5 aliphatic carbocycles. The van der Waals surface area contributed by atoms with E-state index in [9.17, 15) is 10.1 Å². The van der Waals surface area contributed by atoms with Crippen molar-refractivity contribution in [2.75, 3.05) is 0 Å². The molecule has 8 rings (SSSR count). The normalized spacial score (nSPS) is 57.7. The van der Waals surface area contributed by atoms with Crippen LogP contribution < -0.4 is 5.32 Å². The van der Waals surface area contributed by atoms with E-state index in [2.05, 4.69) is 5.32 Å². The van der Waals surface area contributed by atoms with Gasteiger partial charge in [-0.15, -0.1) is 0 Å². The lowest BCUT2D eigenvalue weighted by molar-refractivity contribution is -0.384. The van der Waals surface area contributed by atoms with Gasteiger partial charge in [0.25, 0.3) is 5.69 Å². The SMILES string of the molecule is O=[N+]([O-])c1cccc(CNC23OC4C5C6CC(C7C6C4C72)C53)c1. The zero-order valence-corrected chi connectivity index (χ0v) is 12.6. The maximum Gasteiger partial charge on any atom is 0.269 e. The van der Waals surface area contributed by atoms with Gasteiger partial charge in [-0.1, -0.05) is 12.1 Å². The van der Waals surface area contributed by atoms with Crippen LogP contribution in [0.3, 0.4) is 0 Å². The van der Waals surface area contributed by atoms with E-state index >= 15 is 0 Å². The van der Waals surface area contributed by atoms with E-state index in [0.717, 1.165) is 52.9 Å². The summed E-state index contributed by atoms with van der Waals surface area (Å²) in [5, 5.41) is 14.7. The fraction of sp³-hybridized carbons (Fsp3) is 0.667. The van der Waals surface area contributed by atoms with E-state index in [4.69, 9.17) is 4.74 Å². The van der Waals surface area contributed by atoms with Gasteiger partial charge < -0.3 is 4.74 Å². The molecule has 5 nitrogen and oxygen atoms in total. The fourth-order valence-electron chi connectivity index (χ4n) is 8.31. The molecule has 0 spiro atoms. The standard InChI is InChI=1S/C18H18N2O3/c21-20(22)8-3-1-2-7(4-8)6-19-18-15-10-5-9-11-12(10)16(18)14(11)17(23-18)13(9)15/h1-4,9-17,19H,5-6H2. The van der Waals surface area contributed by atoms with Crippen LogP contribution in [0.1, 0.15) is 12.0 Å². The number of benzene rings is 1. The number of hydrogen-bond donors (Lipinski definition) is 1. The number of hydrogen-bond acceptors (Lipinski definition) is 4. The van der Waals surface area contributed by atoms with Crippen LogP contribution in [-0.2, 0) is 11.3 Å². The lowest BCUT2D eigenvalue weighted by Crippen LogP contribution is -2.56. The van der Waals surface area contributed by atoms with Gasteiger partial charge in [-0.25, -0.2) is 0 Å². The second-order valence-electron chi connectivity index (χ2n) is 8.58. The molecule has 2 heterocycles. The van der Waals surface area contributed by atoms with Crippen molar-refractivity contribution in [3.8, 4) is 0 Å². The topological polar surface area (TPSA) is 64.4 Å². The van der Waals surface area contributed by atoms with Crippen LogP contribution in [-0.4, -0.2) is 16.8 Å². The van der Waals surface area contributed by atoms with Gasteiger partial charge in [0.2, 0.25) is 0 Å². The summed E-state index contributed by atoms with van der Waals surface area (Å²) in [6.07, 6.45) is 1.99. The number of nitro groups is 1. The number of non-ortho nitro benzene ring substituents is 1. The highest BCUT2D eigenvalue weighted by Gasteiger charge is 2.92. The maximum absolute atomic E-state index is 11.0. The zero-order valence-electron chi connectivity index (χ0n) is 12.6. The Labute approximate surface area is 133 Å². The molecule has 5 saturated carbocycles. The molecule has 5 heteroatoms. The van der Waals surface area contributed by atoms with Gasteiger partial charge in [0.05, 0.1) is 11.0 Å². The summed E-state index contributed by atoms with van der Waals surface area (Å²) < 4.78 is 6.61. The first kappa shape index (κ1) is 12.0. The van der Waals surface area contributed by atoms with Crippen molar-refractivity contribution >= 4 is 5.69 Å². The van der Waals surface area contributed by atoms with Crippen molar-refractivity contribution in [2.24, 2.45) is 47.3 Å². The van der Waals surface area contributed by atoms with Crippen molar-refractivity contribution in [2.45, 2.75) is 24.8 Å². The Morgan fingerprint density at radius 2 is 2.13 bits per heavy atom. The summed E-state index contributed by atoms with van der Waals surface area (Å²) in [6.45, 7) is 0.676. The predicted molar refractivity (Wildman–Crippen MR) is 80.1 cm³/mol. The summed E-state index contributed by atoms with van der Waals surface area (Å²) in [4.78, 5) is 10.6. The van der Waals surface area contributed by atoms with Crippen molar-refractivity contribution in [3.05, 3.63) is 39.9 Å². The van der Waals surface area contributed by atoms with Gasteiger partial charge in [0.1, 0.15) is 5.72 Å². The van der Waals surface area contributed by atoms with Crippen molar-refractivity contribution in [1.29, 1.82) is 0 Å². The molecule has 23 heavy (non-hydrogen) atoms. The molecular formula is C18H18N2O3. The van der Waals surface area contributed by atoms with E-state index in [-0.39, 0.29) is 16.3 Å². The van der Waals surface area contributed by atoms with Crippen LogP contribution in [0.4, 0.5) is 5.69 Å². The number of nitrogens with zero attached hydrogens (tertiary/aromatic N) is 1. The highest BCUT2D eigenvalue weighted by molar-refractivity contribution is 5.39. The largest absolute Gasteiger partial charge is 0.356 e. The fourth-order valence-corrected chi connectivity index (χ4v) is 8.31. The minimum atomic E-state index is -0.318. The number of ether oxygens (including phenoxy) is 1. The summed E-state index contributed by atoms with van der Waals surface area (Å²) in [5.41, 5.74) is 1.07. The second-order valence-corrected chi connectivity index (χ2v) is 8.58. The van der Waals surface area contributed by atoms with Crippen LogP contribution in [0.5, 0.6) is 0 Å². The molecule has 2 saturated heterocycles. The number of rotatable bonds is 4. The maximum atomic E-state index is 11.0. The quantitative estimate of drug-likeness (QED) is 0.684. The number of nitrogens with one attached hydrogen (secondary N) is 1. The van der Waals surface area contributed by atoms with Gasteiger partial charge in [-0.2, -0.15) is 0 Å². The minimum absolute atomic E-state index is 0.0955. The molecular weight excluding hydrogens is 292 g/mol. The molecule has 10 unspecified atom stereocenters. The lowest BCUT2D eigenvalue weighted by atomic mass is 9.59. The summed E-state index contributed by atoms with van der Waals surface area (Å²) >= 11 is 0. The van der Waals surface area contributed by atoms with Crippen LogP contribution in [0.2, 0.25) is 0 Å². The molecule has 118 valence electrons. The first-order valence-electron chi connectivity index (χ1n) is 8.87. The highest BCUT2D eigenvalue weighted by Crippen LogP contribution is 2.89. The van der Waals surface area contributed by atoms with E-state index in [1.54, 1.807) is 18.2 Å². The predicted octanol–water partition coefficient (Wildman–Crippen LogP) is 2.17. The van der Waals surface area contributed by atoms with Gasteiger partial charge >= 0.3 is 0 Å². The molecule has 0 aromatic heterocycles. The van der Waals surface area contributed by atoms with E-state index in [1.807, 2.05) is 6.07 Å². The summed E-state index contributed by atoms with van der Waals surface area (Å²) in [7, 11) is 0. The van der Waals surface area contributed by atoms with Crippen molar-refractivity contribution in [3.63, 3.8) is 0 Å². The van der Waals surface area contributed by atoms with Crippen molar-refractivity contribution < 1.29 is 9.66 Å². The van der Waals surface area contributed by atoms with Gasteiger partial charge in [0, 0.05) is 30.5 Å². The molecule has 4 bridgehead atoms. The molecule has 1 aromatic rings. The smallest absolute Gasteiger partial charge is 0.269 e. The Morgan fingerprint density at radius 1 is 1.22 bits per heavy atom. The Bertz CT molecular complexity index is 771.